The van der Waals surface area contributed by atoms with Crippen LogP contribution < -0.4 is 5.32 Å². The normalized spacial score (nSPS) is 13.8. The number of rotatable bonds is 7. The van der Waals surface area contributed by atoms with Gasteiger partial charge in [0.25, 0.3) is 11.8 Å². The minimum atomic E-state index is -0.266. The van der Waals surface area contributed by atoms with Crippen molar-refractivity contribution in [3.8, 4) is 0 Å². The first-order valence-corrected chi connectivity index (χ1v) is 9.36. The number of methoxy groups -OCH3 is 1. The van der Waals surface area contributed by atoms with Gasteiger partial charge < -0.3 is 24.5 Å². The Morgan fingerprint density at radius 2 is 2.18 bits per heavy atom. The molecule has 1 aromatic carbocycles. The van der Waals surface area contributed by atoms with Crippen LogP contribution in [-0.2, 0) is 17.7 Å². The number of hydrogen-bond acceptors (Lipinski definition) is 4. The van der Waals surface area contributed by atoms with Gasteiger partial charge in [-0.15, -0.1) is 0 Å². The Morgan fingerprint density at radius 1 is 1.32 bits per heavy atom. The number of ether oxygens (including phenoxy) is 1. The van der Waals surface area contributed by atoms with Crippen molar-refractivity contribution in [3.63, 3.8) is 0 Å². The van der Waals surface area contributed by atoms with E-state index in [0.717, 1.165) is 16.5 Å². The zero-order chi connectivity index (χ0) is 19.5. The SMILES string of the molecule is COCCN1CCn2cc(C(=O)NCCc3c[nH]c4ccccc34)nc2C1=O. The molecule has 28 heavy (non-hydrogen) atoms. The van der Waals surface area contributed by atoms with Crippen LogP contribution in [0.15, 0.2) is 36.7 Å². The quantitative estimate of drug-likeness (QED) is 0.648. The van der Waals surface area contributed by atoms with Crippen LogP contribution >= 0.6 is 0 Å². The van der Waals surface area contributed by atoms with E-state index in [1.54, 1.807) is 22.8 Å². The molecular formula is C20H23N5O3. The van der Waals surface area contributed by atoms with Crippen molar-refractivity contribution in [3.05, 3.63) is 53.7 Å². The number of amides is 2. The Balaban J connectivity index is 1.38. The number of carbonyl (C=O) groups excluding carboxylic acids is 2. The molecule has 1 aliphatic rings. The van der Waals surface area contributed by atoms with Gasteiger partial charge in [-0.05, 0) is 18.1 Å². The van der Waals surface area contributed by atoms with Gasteiger partial charge in [-0.2, -0.15) is 0 Å². The Hall–Kier alpha value is -3.13. The van der Waals surface area contributed by atoms with E-state index in [4.69, 9.17) is 4.74 Å². The van der Waals surface area contributed by atoms with Gasteiger partial charge in [0.05, 0.1) is 6.61 Å². The average Bonchev–Trinajstić information content (AvgIpc) is 3.32. The van der Waals surface area contributed by atoms with Crippen molar-refractivity contribution in [1.29, 1.82) is 0 Å². The minimum Gasteiger partial charge on any atom is -0.383 e. The fourth-order valence-electron chi connectivity index (χ4n) is 3.49. The predicted molar refractivity (Wildman–Crippen MR) is 104 cm³/mol. The summed E-state index contributed by atoms with van der Waals surface area (Å²) < 4.78 is 6.79. The number of fused-ring (bicyclic) bond motifs is 2. The van der Waals surface area contributed by atoms with E-state index in [0.29, 0.717) is 45.0 Å². The van der Waals surface area contributed by atoms with Crippen LogP contribution in [0.5, 0.6) is 0 Å². The van der Waals surface area contributed by atoms with E-state index in [-0.39, 0.29) is 17.5 Å². The molecule has 146 valence electrons. The van der Waals surface area contributed by atoms with Crippen LogP contribution in [-0.4, -0.2) is 64.6 Å². The zero-order valence-electron chi connectivity index (χ0n) is 15.8. The van der Waals surface area contributed by atoms with Crippen LogP contribution in [0, 0.1) is 0 Å². The molecule has 1 aliphatic heterocycles. The number of para-hydroxylation sites is 1. The van der Waals surface area contributed by atoms with Crippen molar-refractivity contribution in [1.82, 2.24) is 24.8 Å². The molecule has 0 unspecified atom stereocenters. The van der Waals surface area contributed by atoms with Crippen LogP contribution in [0.3, 0.4) is 0 Å². The fraction of sp³-hybridized carbons (Fsp3) is 0.350. The van der Waals surface area contributed by atoms with Crippen LogP contribution in [0.4, 0.5) is 0 Å². The first kappa shape index (κ1) is 18.2. The molecule has 0 spiro atoms. The van der Waals surface area contributed by atoms with Gasteiger partial charge in [0.2, 0.25) is 0 Å². The summed E-state index contributed by atoms with van der Waals surface area (Å²) in [6.07, 6.45) is 4.34. The lowest BCUT2D eigenvalue weighted by Crippen LogP contribution is -2.42. The number of nitrogens with one attached hydrogen (secondary N) is 2. The van der Waals surface area contributed by atoms with Gasteiger partial charge in [-0.1, -0.05) is 18.2 Å². The Morgan fingerprint density at radius 3 is 3.04 bits per heavy atom. The zero-order valence-corrected chi connectivity index (χ0v) is 15.8. The molecule has 0 saturated carbocycles. The van der Waals surface area contributed by atoms with E-state index in [2.05, 4.69) is 21.4 Å². The highest BCUT2D eigenvalue weighted by atomic mass is 16.5. The summed E-state index contributed by atoms with van der Waals surface area (Å²) in [7, 11) is 1.61. The molecule has 0 atom stereocenters. The molecule has 3 heterocycles. The second-order valence-corrected chi connectivity index (χ2v) is 6.79. The fourth-order valence-corrected chi connectivity index (χ4v) is 3.49. The first-order valence-electron chi connectivity index (χ1n) is 9.36. The third-order valence-electron chi connectivity index (χ3n) is 5.02. The monoisotopic (exact) mass is 381 g/mol. The third kappa shape index (κ3) is 3.50. The third-order valence-corrected chi connectivity index (χ3v) is 5.02. The maximum Gasteiger partial charge on any atom is 0.290 e. The molecule has 0 saturated heterocycles. The van der Waals surface area contributed by atoms with Crippen LogP contribution in [0.1, 0.15) is 26.7 Å². The highest BCUT2D eigenvalue weighted by molar-refractivity contribution is 5.96. The van der Waals surface area contributed by atoms with Crippen molar-refractivity contribution in [2.75, 3.05) is 33.4 Å². The summed E-state index contributed by atoms with van der Waals surface area (Å²) in [5.41, 5.74) is 2.52. The second-order valence-electron chi connectivity index (χ2n) is 6.79. The van der Waals surface area contributed by atoms with E-state index in [9.17, 15) is 9.59 Å². The van der Waals surface area contributed by atoms with Crippen molar-refractivity contribution in [2.45, 2.75) is 13.0 Å². The molecule has 0 aliphatic carbocycles. The minimum absolute atomic E-state index is 0.166. The number of H-pyrrole nitrogens is 1. The van der Waals surface area contributed by atoms with Gasteiger partial charge in [0, 0.05) is 56.6 Å². The summed E-state index contributed by atoms with van der Waals surface area (Å²) in [4.78, 5) is 34.2. The van der Waals surface area contributed by atoms with E-state index < -0.39 is 0 Å². The maximum absolute atomic E-state index is 12.5. The summed E-state index contributed by atoms with van der Waals surface area (Å²) in [6.45, 7) is 2.71. The molecule has 8 nitrogen and oxygen atoms in total. The summed E-state index contributed by atoms with van der Waals surface area (Å²) in [6, 6.07) is 8.08. The highest BCUT2D eigenvalue weighted by Gasteiger charge is 2.27. The van der Waals surface area contributed by atoms with Gasteiger partial charge in [-0.25, -0.2) is 4.98 Å². The Labute approximate surface area is 162 Å². The topological polar surface area (TPSA) is 92.2 Å². The van der Waals surface area contributed by atoms with Gasteiger partial charge in [0.1, 0.15) is 5.69 Å². The molecule has 2 amide bonds. The summed E-state index contributed by atoms with van der Waals surface area (Å²) in [5.74, 6) is -0.122. The number of nitrogens with zero attached hydrogens (tertiary/aromatic N) is 3. The molecule has 2 aromatic heterocycles. The highest BCUT2D eigenvalue weighted by Crippen LogP contribution is 2.18. The largest absolute Gasteiger partial charge is 0.383 e. The van der Waals surface area contributed by atoms with Gasteiger partial charge in [0.15, 0.2) is 5.82 Å². The molecular weight excluding hydrogens is 358 g/mol. The number of carbonyl (C=O) groups is 2. The molecule has 0 radical (unpaired) electrons. The lowest BCUT2D eigenvalue weighted by Gasteiger charge is -2.26. The number of aromatic amines is 1. The molecule has 3 aromatic rings. The summed E-state index contributed by atoms with van der Waals surface area (Å²) >= 11 is 0. The van der Waals surface area contributed by atoms with E-state index in [1.807, 2.05) is 24.4 Å². The van der Waals surface area contributed by atoms with Crippen LogP contribution in [0.25, 0.3) is 10.9 Å². The van der Waals surface area contributed by atoms with Crippen molar-refractivity contribution < 1.29 is 14.3 Å². The Bertz CT molecular complexity index is 1010. The standard InChI is InChI=1S/C20H23N5O3/c1-28-11-10-24-8-9-25-13-17(23-18(25)20(24)27)19(26)21-7-6-14-12-22-16-5-3-2-4-15(14)16/h2-5,12-13,22H,6-11H2,1H3,(H,21,26). The van der Waals surface area contributed by atoms with E-state index in [1.165, 1.54) is 0 Å². The predicted octanol–water partition coefficient (Wildman–Crippen LogP) is 1.44. The molecule has 0 bridgehead atoms. The molecule has 4 rings (SSSR count). The van der Waals surface area contributed by atoms with Gasteiger partial charge >= 0.3 is 0 Å². The smallest absolute Gasteiger partial charge is 0.290 e. The van der Waals surface area contributed by atoms with Crippen molar-refractivity contribution >= 4 is 22.7 Å². The van der Waals surface area contributed by atoms with Crippen molar-refractivity contribution in [2.24, 2.45) is 0 Å². The summed E-state index contributed by atoms with van der Waals surface area (Å²) in [5, 5.41) is 4.06. The number of benzene rings is 1. The second kappa shape index (κ2) is 7.85. The lowest BCUT2D eigenvalue weighted by atomic mass is 10.1. The maximum atomic E-state index is 12.5. The number of imidazole rings is 1. The number of aromatic nitrogens is 3. The number of hydrogen-bond donors (Lipinski definition) is 2. The lowest BCUT2D eigenvalue weighted by molar-refractivity contribution is 0.0633. The Kier molecular flexibility index (Phi) is 5.12. The first-order chi connectivity index (χ1) is 13.7. The van der Waals surface area contributed by atoms with Crippen LogP contribution in [0.2, 0.25) is 0 Å². The van der Waals surface area contributed by atoms with E-state index >= 15 is 0 Å². The molecule has 8 heteroatoms. The molecule has 2 N–H and O–H groups in total. The average molecular weight is 381 g/mol. The molecule has 0 fully saturated rings. The van der Waals surface area contributed by atoms with Gasteiger partial charge in [-0.3, -0.25) is 9.59 Å².